The normalized spacial score (nSPS) is 11.5. The van der Waals surface area contributed by atoms with Gasteiger partial charge in [-0.15, -0.1) is 0 Å². The van der Waals surface area contributed by atoms with E-state index in [1.165, 1.54) is 6.92 Å². The Morgan fingerprint density at radius 3 is 2.42 bits per heavy atom. The first-order valence-corrected chi connectivity index (χ1v) is 6.69. The number of rotatable bonds is 10. The molecule has 0 fully saturated rings. The molecular weight excluding hydrogens is 248 g/mol. The molecule has 0 aromatic heterocycles. The number of esters is 1. The van der Waals surface area contributed by atoms with E-state index in [0.717, 1.165) is 32.1 Å². The molecule has 0 saturated heterocycles. The van der Waals surface area contributed by atoms with Gasteiger partial charge in [-0.2, -0.15) is 0 Å². The van der Waals surface area contributed by atoms with Gasteiger partial charge in [-0.05, 0) is 26.2 Å². The van der Waals surface area contributed by atoms with Crippen LogP contribution in [-0.4, -0.2) is 31.4 Å². The Morgan fingerprint density at radius 2 is 1.84 bits per heavy atom. The second-order valence-corrected chi connectivity index (χ2v) is 4.12. The molecule has 5 heteroatoms. The van der Waals surface area contributed by atoms with Crippen molar-refractivity contribution in [3.05, 3.63) is 12.7 Å². The molecule has 0 spiro atoms. The minimum atomic E-state index is -0.651. The maximum atomic E-state index is 11.1. The van der Waals surface area contributed by atoms with Crippen LogP contribution in [0.15, 0.2) is 12.7 Å². The van der Waals surface area contributed by atoms with Crippen molar-refractivity contribution in [2.75, 3.05) is 13.2 Å². The summed E-state index contributed by atoms with van der Waals surface area (Å²) in [6.07, 6.45) is 5.16. The van der Waals surface area contributed by atoms with E-state index in [2.05, 4.69) is 6.58 Å². The highest BCUT2D eigenvalue weighted by molar-refractivity contribution is 5.65. The molecule has 0 aliphatic heterocycles. The fourth-order valence-electron chi connectivity index (χ4n) is 1.52. The fraction of sp³-hybridized carbons (Fsp3) is 0.714. The first kappa shape index (κ1) is 17.5. The smallest absolute Gasteiger partial charge is 0.466 e. The minimum absolute atomic E-state index is 0.241. The van der Waals surface area contributed by atoms with Crippen LogP contribution in [0.5, 0.6) is 0 Å². The van der Waals surface area contributed by atoms with Crippen LogP contribution in [0.3, 0.4) is 0 Å². The van der Waals surface area contributed by atoms with E-state index in [9.17, 15) is 9.59 Å². The topological polar surface area (TPSA) is 61.8 Å². The summed E-state index contributed by atoms with van der Waals surface area (Å²) in [6, 6.07) is 0. The summed E-state index contributed by atoms with van der Waals surface area (Å²) in [5.74, 6) is -0.241. The van der Waals surface area contributed by atoms with Gasteiger partial charge in [-0.25, -0.2) is 4.79 Å². The van der Waals surface area contributed by atoms with E-state index in [1.807, 2.05) is 0 Å². The van der Waals surface area contributed by atoms with E-state index >= 15 is 0 Å². The van der Waals surface area contributed by atoms with Crippen molar-refractivity contribution < 1.29 is 23.8 Å². The molecule has 0 radical (unpaired) electrons. The summed E-state index contributed by atoms with van der Waals surface area (Å²) in [5, 5.41) is 0. The lowest BCUT2D eigenvalue weighted by atomic mass is 10.1. The van der Waals surface area contributed by atoms with E-state index in [-0.39, 0.29) is 12.1 Å². The number of hydrogen-bond donors (Lipinski definition) is 0. The second kappa shape index (κ2) is 11.6. The SMILES string of the molecule is C=CC(CCCCCCOC(C)=O)OC(=O)OCC. The Kier molecular flexibility index (Phi) is 10.6. The lowest BCUT2D eigenvalue weighted by Gasteiger charge is -2.13. The van der Waals surface area contributed by atoms with E-state index in [1.54, 1.807) is 13.0 Å². The van der Waals surface area contributed by atoms with Gasteiger partial charge < -0.3 is 14.2 Å². The van der Waals surface area contributed by atoms with Gasteiger partial charge in [0.15, 0.2) is 0 Å². The van der Waals surface area contributed by atoms with Crippen LogP contribution in [0.4, 0.5) is 4.79 Å². The van der Waals surface area contributed by atoms with Crippen LogP contribution in [-0.2, 0) is 19.0 Å². The lowest BCUT2D eigenvalue weighted by Crippen LogP contribution is -2.16. The van der Waals surface area contributed by atoms with Crippen molar-refractivity contribution in [2.24, 2.45) is 0 Å². The van der Waals surface area contributed by atoms with Crippen LogP contribution in [0.2, 0.25) is 0 Å². The summed E-state index contributed by atoms with van der Waals surface area (Å²) < 4.78 is 14.6. The summed E-state index contributed by atoms with van der Waals surface area (Å²) >= 11 is 0. The molecule has 0 aliphatic carbocycles. The third-order valence-corrected chi connectivity index (χ3v) is 2.46. The van der Waals surface area contributed by atoms with E-state index in [0.29, 0.717) is 13.2 Å². The van der Waals surface area contributed by atoms with Gasteiger partial charge in [0.2, 0.25) is 0 Å². The van der Waals surface area contributed by atoms with Crippen LogP contribution < -0.4 is 0 Å². The van der Waals surface area contributed by atoms with Gasteiger partial charge in [0.1, 0.15) is 6.10 Å². The monoisotopic (exact) mass is 272 g/mol. The molecule has 0 N–H and O–H groups in total. The zero-order valence-electron chi connectivity index (χ0n) is 11.9. The highest BCUT2D eigenvalue weighted by Gasteiger charge is 2.11. The average Bonchev–Trinajstić information content (AvgIpc) is 2.36. The van der Waals surface area contributed by atoms with Crippen molar-refractivity contribution in [1.29, 1.82) is 0 Å². The maximum absolute atomic E-state index is 11.1. The Labute approximate surface area is 114 Å². The largest absolute Gasteiger partial charge is 0.508 e. The molecule has 110 valence electrons. The summed E-state index contributed by atoms with van der Waals surface area (Å²) in [6.45, 7) is 7.54. The third-order valence-electron chi connectivity index (χ3n) is 2.46. The first-order valence-electron chi connectivity index (χ1n) is 6.69. The molecule has 19 heavy (non-hydrogen) atoms. The quantitative estimate of drug-likeness (QED) is 0.347. The van der Waals surface area contributed by atoms with Crippen molar-refractivity contribution in [1.82, 2.24) is 0 Å². The Balaban J connectivity index is 3.53. The second-order valence-electron chi connectivity index (χ2n) is 4.12. The molecule has 0 saturated carbocycles. The van der Waals surface area contributed by atoms with Crippen LogP contribution >= 0.6 is 0 Å². The van der Waals surface area contributed by atoms with Gasteiger partial charge in [0.25, 0.3) is 0 Å². The molecular formula is C14H24O5. The van der Waals surface area contributed by atoms with E-state index in [4.69, 9.17) is 14.2 Å². The molecule has 0 aliphatic rings. The highest BCUT2D eigenvalue weighted by atomic mass is 16.7. The highest BCUT2D eigenvalue weighted by Crippen LogP contribution is 2.10. The molecule has 0 rings (SSSR count). The van der Waals surface area contributed by atoms with Crippen LogP contribution in [0, 0.1) is 0 Å². The van der Waals surface area contributed by atoms with Gasteiger partial charge in [-0.1, -0.05) is 25.5 Å². The van der Waals surface area contributed by atoms with Gasteiger partial charge >= 0.3 is 12.1 Å². The summed E-state index contributed by atoms with van der Waals surface area (Å²) in [5.41, 5.74) is 0. The standard InChI is InChI=1S/C14H24O5/c1-4-13(19-14(16)17-5-2)10-8-6-7-9-11-18-12(3)15/h4,13H,1,5-11H2,2-3H3. The Morgan fingerprint density at radius 1 is 1.16 bits per heavy atom. The summed E-state index contributed by atoms with van der Waals surface area (Å²) in [7, 11) is 0. The van der Waals surface area contributed by atoms with Gasteiger partial charge in [-0.3, -0.25) is 4.79 Å². The summed E-state index contributed by atoms with van der Waals surface area (Å²) in [4.78, 5) is 21.6. The Hall–Kier alpha value is -1.52. The molecule has 0 heterocycles. The third kappa shape index (κ3) is 11.3. The number of carbonyl (C=O) groups excluding carboxylic acids is 2. The molecule has 0 aromatic rings. The van der Waals surface area contributed by atoms with Crippen LogP contribution in [0.1, 0.15) is 46.0 Å². The van der Waals surface area contributed by atoms with Gasteiger partial charge in [0.05, 0.1) is 13.2 Å². The molecule has 0 amide bonds. The zero-order chi connectivity index (χ0) is 14.5. The van der Waals surface area contributed by atoms with Crippen molar-refractivity contribution in [3.63, 3.8) is 0 Å². The molecule has 1 unspecified atom stereocenters. The maximum Gasteiger partial charge on any atom is 0.508 e. The molecule has 0 bridgehead atoms. The number of hydrogen-bond acceptors (Lipinski definition) is 5. The number of unbranched alkanes of at least 4 members (excludes halogenated alkanes) is 3. The molecule has 0 aromatic carbocycles. The Bertz CT molecular complexity index is 275. The zero-order valence-corrected chi connectivity index (χ0v) is 11.9. The lowest BCUT2D eigenvalue weighted by molar-refractivity contribution is -0.141. The fourth-order valence-corrected chi connectivity index (χ4v) is 1.52. The van der Waals surface area contributed by atoms with Crippen molar-refractivity contribution in [2.45, 2.75) is 52.1 Å². The van der Waals surface area contributed by atoms with Crippen LogP contribution in [0.25, 0.3) is 0 Å². The number of ether oxygens (including phenoxy) is 3. The molecule has 1 atom stereocenters. The minimum Gasteiger partial charge on any atom is -0.466 e. The van der Waals surface area contributed by atoms with Crippen molar-refractivity contribution in [3.8, 4) is 0 Å². The van der Waals surface area contributed by atoms with E-state index < -0.39 is 6.16 Å². The number of carbonyl (C=O) groups is 2. The molecule has 5 nitrogen and oxygen atoms in total. The van der Waals surface area contributed by atoms with Crippen molar-refractivity contribution >= 4 is 12.1 Å². The predicted molar refractivity (Wildman–Crippen MR) is 71.8 cm³/mol. The predicted octanol–water partition coefficient (Wildman–Crippen LogP) is 3.23. The average molecular weight is 272 g/mol. The first-order chi connectivity index (χ1) is 9.10. The van der Waals surface area contributed by atoms with Gasteiger partial charge in [0, 0.05) is 6.92 Å².